The Bertz CT molecular complexity index is 823. The number of nitrogens with two attached hydrogens (primary N) is 1. The highest BCUT2D eigenvalue weighted by Gasteiger charge is 2.28. The van der Waals surface area contributed by atoms with Gasteiger partial charge < -0.3 is 5.73 Å². The Morgan fingerprint density at radius 3 is 2.95 bits per heavy atom. The number of aryl methyl sites for hydroxylation is 1. The highest BCUT2D eigenvalue weighted by atomic mass is 32.2. The van der Waals surface area contributed by atoms with Crippen molar-refractivity contribution in [1.29, 1.82) is 0 Å². The highest BCUT2D eigenvalue weighted by Crippen LogP contribution is 2.39. The topological polar surface area (TPSA) is 82.5 Å². The number of nitrogen functional groups attached to an aromatic ring is 1. The van der Waals surface area contributed by atoms with Gasteiger partial charge in [0, 0.05) is 21.7 Å². The number of aromatic nitrogens is 5. The second-order valence-electron chi connectivity index (χ2n) is 5.28. The second kappa shape index (κ2) is 4.70. The summed E-state index contributed by atoms with van der Waals surface area (Å²) in [7, 11) is 0. The van der Waals surface area contributed by atoms with Crippen LogP contribution in [0.4, 0.5) is 5.69 Å². The summed E-state index contributed by atoms with van der Waals surface area (Å²) in [4.78, 5) is 5.63. The summed E-state index contributed by atoms with van der Waals surface area (Å²) >= 11 is 1.57. The average molecular weight is 298 g/mol. The lowest BCUT2D eigenvalue weighted by atomic mass is 10.2. The van der Waals surface area contributed by atoms with Crippen LogP contribution in [0.25, 0.3) is 10.9 Å². The van der Waals surface area contributed by atoms with E-state index in [9.17, 15) is 0 Å². The number of fused-ring (bicyclic) bond motifs is 1. The van der Waals surface area contributed by atoms with Gasteiger partial charge in [0.1, 0.15) is 0 Å². The number of hydrogen-bond donors (Lipinski definition) is 1. The standard InChI is InChI=1S/C14H14N6S/c1-8-6-13(11-7-9(15)2-5-12(11)16-8)21-14-17-18-19-20(14)10-3-4-10/h2,5-7,10H,3-4,15H2,1H3. The number of tetrazole rings is 1. The van der Waals surface area contributed by atoms with Crippen molar-refractivity contribution in [2.24, 2.45) is 0 Å². The lowest BCUT2D eigenvalue weighted by molar-refractivity contribution is 0.565. The number of hydrogen-bond acceptors (Lipinski definition) is 6. The van der Waals surface area contributed by atoms with Gasteiger partial charge in [-0.3, -0.25) is 4.98 Å². The molecule has 0 amide bonds. The molecule has 3 aromatic rings. The maximum absolute atomic E-state index is 5.91. The number of rotatable bonds is 3. The van der Waals surface area contributed by atoms with E-state index >= 15 is 0 Å². The molecule has 2 N–H and O–H groups in total. The van der Waals surface area contributed by atoms with Gasteiger partial charge in [0.15, 0.2) is 0 Å². The Morgan fingerprint density at radius 2 is 2.14 bits per heavy atom. The first-order chi connectivity index (χ1) is 10.2. The van der Waals surface area contributed by atoms with Crippen molar-refractivity contribution < 1.29 is 0 Å². The van der Waals surface area contributed by atoms with Crippen molar-refractivity contribution in [1.82, 2.24) is 25.2 Å². The lowest BCUT2D eigenvalue weighted by Gasteiger charge is -2.08. The van der Waals surface area contributed by atoms with Crippen LogP contribution in [-0.2, 0) is 0 Å². The quantitative estimate of drug-likeness (QED) is 0.748. The minimum Gasteiger partial charge on any atom is -0.399 e. The fraction of sp³-hybridized carbons (Fsp3) is 0.286. The number of anilines is 1. The summed E-state index contributed by atoms with van der Waals surface area (Å²) < 4.78 is 1.92. The summed E-state index contributed by atoms with van der Waals surface area (Å²) in [6.07, 6.45) is 2.31. The largest absolute Gasteiger partial charge is 0.399 e. The van der Waals surface area contributed by atoms with Gasteiger partial charge in [0.2, 0.25) is 5.16 Å². The number of benzene rings is 1. The summed E-state index contributed by atoms with van der Waals surface area (Å²) in [6.45, 7) is 1.99. The van der Waals surface area contributed by atoms with Crippen LogP contribution in [0, 0.1) is 6.92 Å². The molecule has 1 aliphatic rings. The minimum absolute atomic E-state index is 0.460. The molecule has 0 unspecified atom stereocenters. The molecule has 21 heavy (non-hydrogen) atoms. The Labute approximate surface area is 125 Å². The molecule has 0 bridgehead atoms. The van der Waals surface area contributed by atoms with Crippen molar-refractivity contribution in [3.05, 3.63) is 30.0 Å². The summed E-state index contributed by atoms with van der Waals surface area (Å²) in [6, 6.07) is 8.29. The van der Waals surface area contributed by atoms with Crippen LogP contribution in [0.1, 0.15) is 24.6 Å². The molecule has 1 saturated carbocycles. The number of pyridine rings is 1. The Morgan fingerprint density at radius 1 is 1.29 bits per heavy atom. The third kappa shape index (κ3) is 2.33. The Hall–Kier alpha value is -2.15. The predicted molar refractivity (Wildman–Crippen MR) is 81.1 cm³/mol. The van der Waals surface area contributed by atoms with Gasteiger partial charge in [-0.25, -0.2) is 4.68 Å². The van der Waals surface area contributed by atoms with E-state index in [4.69, 9.17) is 5.73 Å². The normalized spacial score (nSPS) is 14.7. The zero-order valence-corrected chi connectivity index (χ0v) is 12.3. The van der Waals surface area contributed by atoms with Crippen LogP contribution in [-0.4, -0.2) is 25.2 Å². The van der Waals surface area contributed by atoms with Crippen LogP contribution in [0.5, 0.6) is 0 Å². The molecule has 7 heteroatoms. The van der Waals surface area contributed by atoms with E-state index in [-0.39, 0.29) is 0 Å². The van der Waals surface area contributed by atoms with Crippen LogP contribution in [0.3, 0.4) is 0 Å². The lowest BCUT2D eigenvalue weighted by Crippen LogP contribution is -1.99. The van der Waals surface area contributed by atoms with E-state index in [1.807, 2.05) is 29.8 Å². The third-order valence-electron chi connectivity index (χ3n) is 3.48. The summed E-state index contributed by atoms with van der Waals surface area (Å²) in [5.41, 5.74) is 8.56. The maximum Gasteiger partial charge on any atom is 0.214 e. The molecule has 1 fully saturated rings. The van der Waals surface area contributed by atoms with Crippen molar-refractivity contribution in [2.75, 3.05) is 5.73 Å². The number of nitrogens with zero attached hydrogens (tertiary/aromatic N) is 5. The van der Waals surface area contributed by atoms with E-state index in [2.05, 4.69) is 26.6 Å². The minimum atomic E-state index is 0.460. The smallest absolute Gasteiger partial charge is 0.214 e. The molecule has 2 heterocycles. The molecular weight excluding hydrogens is 284 g/mol. The molecule has 6 nitrogen and oxygen atoms in total. The monoisotopic (exact) mass is 298 g/mol. The molecule has 0 saturated heterocycles. The van der Waals surface area contributed by atoms with Crippen LogP contribution in [0.15, 0.2) is 34.3 Å². The van der Waals surface area contributed by atoms with Gasteiger partial charge in [-0.2, -0.15) is 0 Å². The van der Waals surface area contributed by atoms with Crippen molar-refractivity contribution in [2.45, 2.75) is 35.9 Å². The van der Waals surface area contributed by atoms with Crippen molar-refractivity contribution in [3.8, 4) is 0 Å². The molecule has 2 aromatic heterocycles. The fourth-order valence-corrected chi connectivity index (χ4v) is 3.38. The molecular formula is C14H14N6S. The van der Waals surface area contributed by atoms with Crippen LogP contribution >= 0.6 is 11.8 Å². The zero-order valence-electron chi connectivity index (χ0n) is 11.5. The molecule has 0 aliphatic heterocycles. The van der Waals surface area contributed by atoms with Gasteiger partial charge in [0.25, 0.3) is 0 Å². The first kappa shape index (κ1) is 12.6. The van der Waals surface area contributed by atoms with E-state index in [0.717, 1.165) is 45.2 Å². The first-order valence-electron chi connectivity index (χ1n) is 6.83. The van der Waals surface area contributed by atoms with Gasteiger partial charge in [-0.05, 0) is 66.2 Å². The van der Waals surface area contributed by atoms with E-state index in [1.54, 1.807) is 11.8 Å². The fourth-order valence-electron chi connectivity index (χ4n) is 2.32. The van der Waals surface area contributed by atoms with Crippen molar-refractivity contribution in [3.63, 3.8) is 0 Å². The van der Waals surface area contributed by atoms with E-state index < -0.39 is 0 Å². The predicted octanol–water partition coefficient (Wildman–Crippen LogP) is 2.60. The molecule has 1 aliphatic carbocycles. The Balaban J connectivity index is 1.81. The third-order valence-corrected chi connectivity index (χ3v) is 4.49. The van der Waals surface area contributed by atoms with Gasteiger partial charge in [-0.15, -0.1) is 5.10 Å². The van der Waals surface area contributed by atoms with Crippen LogP contribution < -0.4 is 5.73 Å². The Kier molecular flexibility index (Phi) is 2.81. The van der Waals surface area contributed by atoms with Crippen molar-refractivity contribution >= 4 is 28.4 Å². The molecule has 106 valence electrons. The van der Waals surface area contributed by atoms with E-state index in [0.29, 0.717) is 6.04 Å². The molecule has 1 aromatic carbocycles. The van der Waals surface area contributed by atoms with Gasteiger partial charge >= 0.3 is 0 Å². The zero-order chi connectivity index (χ0) is 14.4. The molecule has 4 rings (SSSR count). The van der Waals surface area contributed by atoms with E-state index in [1.165, 1.54) is 0 Å². The average Bonchev–Trinajstić information content (AvgIpc) is 3.20. The summed E-state index contributed by atoms with van der Waals surface area (Å²) in [5.74, 6) is 0. The SMILES string of the molecule is Cc1cc(Sc2nnnn2C2CC2)c2cc(N)ccc2n1. The van der Waals surface area contributed by atoms with Gasteiger partial charge in [-0.1, -0.05) is 0 Å². The maximum atomic E-state index is 5.91. The van der Waals surface area contributed by atoms with Crippen LogP contribution in [0.2, 0.25) is 0 Å². The highest BCUT2D eigenvalue weighted by molar-refractivity contribution is 7.99. The first-order valence-corrected chi connectivity index (χ1v) is 7.65. The summed E-state index contributed by atoms with van der Waals surface area (Å²) in [5, 5.41) is 13.9. The molecule has 0 radical (unpaired) electrons. The molecule has 0 atom stereocenters. The van der Waals surface area contributed by atoms with Gasteiger partial charge in [0.05, 0.1) is 11.6 Å². The molecule has 0 spiro atoms. The second-order valence-corrected chi connectivity index (χ2v) is 6.29.